The van der Waals surface area contributed by atoms with Crippen molar-refractivity contribution < 1.29 is 4.74 Å². The molecule has 1 saturated carbocycles. The minimum absolute atomic E-state index is 0.616. The van der Waals surface area contributed by atoms with Gasteiger partial charge in [-0.15, -0.1) is 0 Å². The van der Waals surface area contributed by atoms with Gasteiger partial charge >= 0.3 is 0 Å². The molecule has 4 heteroatoms. The molecule has 0 N–H and O–H groups in total. The van der Waals surface area contributed by atoms with E-state index >= 15 is 0 Å². The maximum Gasteiger partial charge on any atom is 0.0551 e. The molecule has 0 radical (unpaired) electrons. The molecule has 1 saturated heterocycles. The van der Waals surface area contributed by atoms with Crippen molar-refractivity contribution in [2.45, 2.75) is 57.2 Å². The standard InChI is InChI=1S/C23H27BrClNO/c1-16-2-5-18(6-3-16)19-13-21(14-19)26(20-8-10-27-11-9-20)15-17-4-7-22(24)23(25)12-17/h2-7,12,19-21H,8-11,13-15H2,1H3. The van der Waals surface area contributed by atoms with Gasteiger partial charge in [0.25, 0.3) is 0 Å². The van der Waals surface area contributed by atoms with E-state index in [1.54, 1.807) is 0 Å². The van der Waals surface area contributed by atoms with Gasteiger partial charge in [0.05, 0.1) is 5.02 Å². The summed E-state index contributed by atoms with van der Waals surface area (Å²) in [6.07, 6.45) is 4.78. The lowest BCUT2D eigenvalue weighted by atomic mass is 9.74. The summed E-state index contributed by atoms with van der Waals surface area (Å²) in [6, 6.07) is 16.7. The molecule has 0 amide bonds. The van der Waals surface area contributed by atoms with E-state index in [-0.39, 0.29) is 0 Å². The molecule has 2 nitrogen and oxygen atoms in total. The molecule has 1 heterocycles. The number of rotatable bonds is 5. The van der Waals surface area contributed by atoms with Crippen molar-refractivity contribution in [3.05, 3.63) is 68.7 Å². The normalized spacial score (nSPS) is 23.4. The van der Waals surface area contributed by atoms with Gasteiger partial charge in [-0.2, -0.15) is 0 Å². The van der Waals surface area contributed by atoms with Crippen molar-refractivity contribution in [2.24, 2.45) is 0 Å². The Bertz CT molecular complexity index is 766. The maximum absolute atomic E-state index is 6.34. The predicted molar refractivity (Wildman–Crippen MR) is 115 cm³/mol. The Morgan fingerprint density at radius 3 is 2.41 bits per heavy atom. The summed E-state index contributed by atoms with van der Waals surface area (Å²) in [5.74, 6) is 0.700. The first-order chi connectivity index (χ1) is 13.1. The third kappa shape index (κ3) is 4.59. The van der Waals surface area contributed by atoms with Crippen LogP contribution in [0.15, 0.2) is 46.9 Å². The topological polar surface area (TPSA) is 12.5 Å². The lowest BCUT2D eigenvalue weighted by Gasteiger charge is -2.47. The fourth-order valence-corrected chi connectivity index (χ4v) is 4.84. The second-order valence-corrected chi connectivity index (χ2v) is 9.26. The highest BCUT2D eigenvalue weighted by Crippen LogP contribution is 2.42. The SMILES string of the molecule is Cc1ccc(C2CC(N(Cc3ccc(Br)c(Cl)c3)C3CCOCC3)C2)cc1. The van der Waals surface area contributed by atoms with Crippen LogP contribution in [0.2, 0.25) is 5.02 Å². The zero-order chi connectivity index (χ0) is 18.8. The van der Waals surface area contributed by atoms with E-state index < -0.39 is 0 Å². The molecule has 2 aliphatic rings. The van der Waals surface area contributed by atoms with Gasteiger partial charge in [-0.1, -0.05) is 47.5 Å². The van der Waals surface area contributed by atoms with Crippen LogP contribution in [0.25, 0.3) is 0 Å². The number of nitrogens with zero attached hydrogens (tertiary/aromatic N) is 1. The van der Waals surface area contributed by atoms with E-state index in [0.717, 1.165) is 42.1 Å². The van der Waals surface area contributed by atoms with Gasteiger partial charge in [0, 0.05) is 36.3 Å². The van der Waals surface area contributed by atoms with Crippen molar-refractivity contribution >= 4 is 27.5 Å². The minimum Gasteiger partial charge on any atom is -0.381 e. The average Bonchev–Trinajstić information content (AvgIpc) is 2.65. The summed E-state index contributed by atoms with van der Waals surface area (Å²) in [6.45, 7) is 4.90. The number of ether oxygens (including phenoxy) is 1. The highest BCUT2D eigenvalue weighted by Gasteiger charge is 2.37. The molecule has 27 heavy (non-hydrogen) atoms. The number of benzene rings is 2. The van der Waals surface area contributed by atoms with Gasteiger partial charge in [0.2, 0.25) is 0 Å². The van der Waals surface area contributed by atoms with Crippen LogP contribution in [-0.4, -0.2) is 30.2 Å². The first-order valence-electron chi connectivity index (χ1n) is 9.94. The van der Waals surface area contributed by atoms with Gasteiger partial charge in [-0.25, -0.2) is 0 Å². The fourth-order valence-electron chi connectivity index (χ4n) is 4.39. The van der Waals surface area contributed by atoms with Gasteiger partial charge in [-0.05, 0) is 77.7 Å². The number of halogens is 2. The van der Waals surface area contributed by atoms with Crippen LogP contribution in [0.4, 0.5) is 0 Å². The Morgan fingerprint density at radius 2 is 1.74 bits per heavy atom. The first kappa shape index (κ1) is 19.4. The van der Waals surface area contributed by atoms with Crippen molar-refractivity contribution in [3.8, 4) is 0 Å². The predicted octanol–water partition coefficient (Wildman–Crippen LogP) is 6.34. The monoisotopic (exact) mass is 447 g/mol. The van der Waals surface area contributed by atoms with Crippen molar-refractivity contribution in [1.82, 2.24) is 4.90 Å². The lowest BCUT2D eigenvalue weighted by molar-refractivity contribution is -0.0104. The molecule has 2 aromatic carbocycles. The van der Waals surface area contributed by atoms with E-state index in [1.165, 1.54) is 29.5 Å². The Labute approximate surface area is 176 Å². The molecule has 4 rings (SSSR count). The van der Waals surface area contributed by atoms with E-state index in [4.69, 9.17) is 16.3 Å². The van der Waals surface area contributed by atoms with Gasteiger partial charge in [0.1, 0.15) is 0 Å². The Balaban J connectivity index is 1.47. The highest BCUT2D eigenvalue weighted by atomic mass is 79.9. The minimum atomic E-state index is 0.616. The molecule has 0 aromatic heterocycles. The fraction of sp³-hybridized carbons (Fsp3) is 0.478. The van der Waals surface area contributed by atoms with Crippen LogP contribution in [0.5, 0.6) is 0 Å². The zero-order valence-corrected chi connectivity index (χ0v) is 18.2. The van der Waals surface area contributed by atoms with Crippen LogP contribution in [0.1, 0.15) is 48.3 Å². The molecule has 2 fully saturated rings. The Kier molecular flexibility index (Phi) is 6.23. The summed E-state index contributed by atoms with van der Waals surface area (Å²) < 4.78 is 6.58. The van der Waals surface area contributed by atoms with Gasteiger partial charge in [0.15, 0.2) is 0 Å². The molecule has 1 aliphatic carbocycles. The molecular weight excluding hydrogens is 422 g/mol. The molecule has 2 aromatic rings. The molecule has 0 unspecified atom stereocenters. The largest absolute Gasteiger partial charge is 0.381 e. The molecule has 0 bridgehead atoms. The van der Waals surface area contributed by atoms with Gasteiger partial charge < -0.3 is 4.74 Å². The molecule has 1 aliphatic heterocycles. The second-order valence-electron chi connectivity index (χ2n) is 8.00. The third-order valence-corrected chi connectivity index (χ3v) is 7.37. The van der Waals surface area contributed by atoms with Crippen molar-refractivity contribution in [1.29, 1.82) is 0 Å². The van der Waals surface area contributed by atoms with Crippen LogP contribution >= 0.6 is 27.5 Å². The second kappa shape index (κ2) is 8.65. The van der Waals surface area contributed by atoms with E-state index in [9.17, 15) is 0 Å². The smallest absolute Gasteiger partial charge is 0.0551 e. The molecule has 0 spiro atoms. The molecule has 0 atom stereocenters. The third-order valence-electron chi connectivity index (χ3n) is 6.14. The summed E-state index contributed by atoms with van der Waals surface area (Å²) in [4.78, 5) is 2.73. The average molecular weight is 449 g/mol. The Morgan fingerprint density at radius 1 is 1.04 bits per heavy atom. The van der Waals surface area contributed by atoms with E-state index in [0.29, 0.717) is 18.0 Å². The zero-order valence-electron chi connectivity index (χ0n) is 15.8. The molecule has 144 valence electrons. The van der Waals surface area contributed by atoms with E-state index in [1.807, 2.05) is 0 Å². The summed E-state index contributed by atoms with van der Waals surface area (Å²) in [5, 5.41) is 0.797. The summed E-state index contributed by atoms with van der Waals surface area (Å²) >= 11 is 9.84. The van der Waals surface area contributed by atoms with Crippen LogP contribution in [0.3, 0.4) is 0 Å². The number of hydrogen-bond acceptors (Lipinski definition) is 2. The summed E-state index contributed by atoms with van der Waals surface area (Å²) in [5.41, 5.74) is 4.13. The highest BCUT2D eigenvalue weighted by molar-refractivity contribution is 9.10. The van der Waals surface area contributed by atoms with E-state index in [2.05, 4.69) is 70.2 Å². The van der Waals surface area contributed by atoms with Crippen molar-refractivity contribution in [2.75, 3.05) is 13.2 Å². The maximum atomic E-state index is 6.34. The van der Waals surface area contributed by atoms with Crippen molar-refractivity contribution in [3.63, 3.8) is 0 Å². The molecular formula is C23H27BrClNO. The van der Waals surface area contributed by atoms with Gasteiger partial charge in [-0.3, -0.25) is 4.90 Å². The first-order valence-corrected chi connectivity index (χ1v) is 11.1. The van der Waals surface area contributed by atoms with Crippen LogP contribution < -0.4 is 0 Å². The Hall–Kier alpha value is -0.870. The lowest BCUT2D eigenvalue weighted by Crippen LogP contribution is -2.50. The summed E-state index contributed by atoms with van der Waals surface area (Å²) in [7, 11) is 0. The van der Waals surface area contributed by atoms with Crippen LogP contribution in [-0.2, 0) is 11.3 Å². The van der Waals surface area contributed by atoms with Crippen LogP contribution in [0, 0.1) is 6.92 Å². The number of hydrogen-bond donors (Lipinski definition) is 0. The quantitative estimate of drug-likeness (QED) is 0.529. The number of aryl methyl sites for hydroxylation is 1.